The molecule has 0 saturated carbocycles. The minimum absolute atomic E-state index is 0.0382. The molecule has 1 amide bonds. The van der Waals surface area contributed by atoms with Gasteiger partial charge in [-0.3, -0.25) is 4.79 Å². The molecule has 0 radical (unpaired) electrons. The maximum Gasteiger partial charge on any atom is 0.416 e. The Morgan fingerprint density at radius 2 is 1.60 bits per heavy atom. The highest BCUT2D eigenvalue weighted by Gasteiger charge is 2.37. The number of piperazine rings is 1. The fourth-order valence-electron chi connectivity index (χ4n) is 4.13. The smallest absolute Gasteiger partial charge is 0.416 e. The molecular weight excluding hydrogens is 562 g/mol. The molecule has 2 aromatic carbocycles. The highest BCUT2D eigenvalue weighted by molar-refractivity contribution is 6.32. The first-order valence-corrected chi connectivity index (χ1v) is 12.6. The Hall–Kier alpha value is -3.51. The molecule has 1 fully saturated rings. The molecule has 1 N–H and O–H groups in total. The van der Waals surface area contributed by atoms with E-state index in [1.165, 1.54) is 6.20 Å². The van der Waals surface area contributed by atoms with Gasteiger partial charge in [-0.05, 0) is 49.0 Å². The molecule has 0 unspecified atom stereocenters. The molecule has 0 aliphatic carbocycles. The van der Waals surface area contributed by atoms with Crippen molar-refractivity contribution in [2.24, 2.45) is 0 Å². The number of carbonyl (C=O) groups excluding carboxylic acids is 1. The van der Waals surface area contributed by atoms with Crippen molar-refractivity contribution in [3.63, 3.8) is 0 Å². The van der Waals surface area contributed by atoms with Crippen molar-refractivity contribution in [2.75, 3.05) is 38.1 Å². The molecule has 1 aromatic heterocycles. The number of anilines is 1. The van der Waals surface area contributed by atoms with Crippen LogP contribution in [0.25, 0.3) is 0 Å². The SMILES string of the molecule is CN1CCN(c2cc(COc3ccccc3Cl)c(C(=O)NCc3cc(C(F)(F)F)cc(C(F)(F)F)c3)cn2)CC1. The van der Waals surface area contributed by atoms with Crippen LogP contribution in [-0.4, -0.2) is 49.0 Å². The lowest BCUT2D eigenvalue weighted by Gasteiger charge is -2.33. The first-order valence-electron chi connectivity index (χ1n) is 12.2. The summed E-state index contributed by atoms with van der Waals surface area (Å²) >= 11 is 6.18. The Kier molecular flexibility index (Phi) is 8.79. The number of hydrogen-bond acceptors (Lipinski definition) is 5. The molecule has 1 saturated heterocycles. The normalized spacial score (nSPS) is 14.8. The van der Waals surface area contributed by atoms with E-state index in [2.05, 4.69) is 15.2 Å². The summed E-state index contributed by atoms with van der Waals surface area (Å²) in [5.41, 5.74) is -2.79. The molecule has 214 valence electrons. The second kappa shape index (κ2) is 11.9. The third-order valence-electron chi connectivity index (χ3n) is 6.37. The number of alkyl halides is 6. The highest BCUT2D eigenvalue weighted by Crippen LogP contribution is 2.36. The summed E-state index contributed by atoms with van der Waals surface area (Å²) in [6.07, 6.45) is -8.67. The molecule has 13 heteroatoms. The quantitative estimate of drug-likeness (QED) is 0.343. The summed E-state index contributed by atoms with van der Waals surface area (Å²) in [6.45, 7) is 2.38. The van der Waals surface area contributed by atoms with Crippen molar-refractivity contribution >= 4 is 23.3 Å². The van der Waals surface area contributed by atoms with Gasteiger partial charge in [-0.25, -0.2) is 4.98 Å². The van der Waals surface area contributed by atoms with Crippen LogP contribution in [0.5, 0.6) is 5.75 Å². The molecule has 0 bridgehead atoms. The number of pyridine rings is 1. The minimum atomic E-state index is -4.99. The van der Waals surface area contributed by atoms with Crippen LogP contribution in [0, 0.1) is 0 Å². The fraction of sp³-hybridized carbons (Fsp3) is 0.333. The Labute approximate surface area is 231 Å². The molecule has 6 nitrogen and oxygen atoms in total. The standard InChI is InChI=1S/C27H25ClF6N4O2/c1-37-6-8-38(9-7-37)24-12-18(16-40-23-5-3-2-4-22(23)28)21(15-35-24)25(39)36-14-17-10-19(26(29,30)31)13-20(11-17)27(32,33)34/h2-5,10-13,15H,6-9,14,16H2,1H3,(H,36,39). The third kappa shape index (κ3) is 7.36. The number of para-hydroxylation sites is 1. The predicted octanol–water partition coefficient (Wildman–Crippen LogP) is 6.03. The van der Waals surface area contributed by atoms with Crippen LogP contribution in [0.1, 0.15) is 32.6 Å². The van der Waals surface area contributed by atoms with Gasteiger partial charge >= 0.3 is 12.4 Å². The average Bonchev–Trinajstić information content (AvgIpc) is 2.90. The molecule has 3 aromatic rings. The molecule has 0 atom stereocenters. The number of carbonyl (C=O) groups is 1. The van der Waals surface area contributed by atoms with Crippen molar-refractivity contribution in [3.8, 4) is 5.75 Å². The molecule has 2 heterocycles. The zero-order valence-electron chi connectivity index (χ0n) is 21.2. The Morgan fingerprint density at radius 3 is 2.20 bits per heavy atom. The number of aromatic nitrogens is 1. The first kappa shape index (κ1) is 29.5. The highest BCUT2D eigenvalue weighted by atomic mass is 35.5. The summed E-state index contributed by atoms with van der Waals surface area (Å²) in [5, 5.41) is 2.77. The van der Waals surface area contributed by atoms with E-state index >= 15 is 0 Å². The minimum Gasteiger partial charge on any atom is -0.487 e. The summed E-state index contributed by atoms with van der Waals surface area (Å²) in [6, 6.07) is 9.61. The predicted molar refractivity (Wildman–Crippen MR) is 137 cm³/mol. The van der Waals surface area contributed by atoms with E-state index in [9.17, 15) is 31.1 Å². The Bertz CT molecular complexity index is 1330. The molecule has 1 aliphatic rings. The third-order valence-corrected chi connectivity index (χ3v) is 6.68. The van der Waals surface area contributed by atoms with E-state index in [0.29, 0.717) is 47.4 Å². The van der Waals surface area contributed by atoms with Gasteiger partial charge in [-0.2, -0.15) is 26.3 Å². The largest absolute Gasteiger partial charge is 0.487 e. The average molecular weight is 587 g/mol. The number of amides is 1. The number of benzene rings is 2. The maximum atomic E-state index is 13.2. The van der Waals surface area contributed by atoms with Crippen LogP contribution in [-0.2, 0) is 25.5 Å². The van der Waals surface area contributed by atoms with Gasteiger partial charge in [-0.1, -0.05) is 23.7 Å². The lowest BCUT2D eigenvalue weighted by molar-refractivity contribution is -0.143. The van der Waals surface area contributed by atoms with E-state index in [1.54, 1.807) is 30.3 Å². The number of nitrogens with one attached hydrogen (secondary N) is 1. The monoisotopic (exact) mass is 586 g/mol. The fourth-order valence-corrected chi connectivity index (χ4v) is 4.32. The van der Waals surface area contributed by atoms with E-state index in [4.69, 9.17) is 16.3 Å². The van der Waals surface area contributed by atoms with Gasteiger partial charge < -0.3 is 19.9 Å². The van der Waals surface area contributed by atoms with Crippen LogP contribution in [0.15, 0.2) is 54.7 Å². The number of halogens is 7. The van der Waals surface area contributed by atoms with Crippen LogP contribution >= 0.6 is 11.6 Å². The zero-order valence-corrected chi connectivity index (χ0v) is 22.0. The molecule has 0 spiro atoms. The van der Waals surface area contributed by atoms with Gasteiger partial charge in [0.05, 0.1) is 21.7 Å². The number of hydrogen-bond donors (Lipinski definition) is 1. The van der Waals surface area contributed by atoms with Gasteiger partial charge in [-0.15, -0.1) is 0 Å². The van der Waals surface area contributed by atoms with E-state index in [1.807, 2.05) is 11.9 Å². The number of likely N-dealkylation sites (N-methyl/N-ethyl adjacent to an activating group) is 1. The first-order chi connectivity index (χ1) is 18.8. The summed E-state index contributed by atoms with van der Waals surface area (Å²) in [4.78, 5) is 21.7. The van der Waals surface area contributed by atoms with Gasteiger partial charge in [0.2, 0.25) is 0 Å². The molecule has 4 rings (SSSR count). The van der Waals surface area contributed by atoms with E-state index in [-0.39, 0.29) is 23.8 Å². The second-order valence-electron chi connectivity index (χ2n) is 9.31. The Balaban J connectivity index is 1.58. The second-order valence-corrected chi connectivity index (χ2v) is 9.71. The lowest BCUT2D eigenvalue weighted by atomic mass is 10.0. The lowest BCUT2D eigenvalue weighted by Crippen LogP contribution is -2.44. The maximum absolute atomic E-state index is 13.2. The van der Waals surface area contributed by atoms with Gasteiger partial charge in [0, 0.05) is 44.5 Å². The van der Waals surface area contributed by atoms with Crippen molar-refractivity contribution in [3.05, 3.63) is 87.6 Å². The molecule has 40 heavy (non-hydrogen) atoms. The number of ether oxygens (including phenoxy) is 1. The van der Waals surface area contributed by atoms with E-state index in [0.717, 1.165) is 13.1 Å². The van der Waals surface area contributed by atoms with Crippen LogP contribution < -0.4 is 15.0 Å². The topological polar surface area (TPSA) is 57.7 Å². The van der Waals surface area contributed by atoms with Gasteiger partial charge in [0.15, 0.2) is 0 Å². The molecular formula is C27H25ClF6N4O2. The number of nitrogens with zero attached hydrogens (tertiary/aromatic N) is 3. The van der Waals surface area contributed by atoms with Crippen LogP contribution in [0.3, 0.4) is 0 Å². The number of rotatable bonds is 7. The summed E-state index contributed by atoms with van der Waals surface area (Å²) < 4.78 is 85.2. The van der Waals surface area contributed by atoms with Gasteiger partial charge in [0.25, 0.3) is 5.91 Å². The van der Waals surface area contributed by atoms with Crippen molar-refractivity contribution in [1.82, 2.24) is 15.2 Å². The van der Waals surface area contributed by atoms with Crippen molar-refractivity contribution in [1.29, 1.82) is 0 Å². The van der Waals surface area contributed by atoms with Gasteiger partial charge in [0.1, 0.15) is 18.2 Å². The van der Waals surface area contributed by atoms with Crippen molar-refractivity contribution in [2.45, 2.75) is 25.5 Å². The molecule has 1 aliphatic heterocycles. The van der Waals surface area contributed by atoms with Crippen molar-refractivity contribution < 1.29 is 35.9 Å². The summed E-state index contributed by atoms with van der Waals surface area (Å²) in [5.74, 6) is 0.244. The van der Waals surface area contributed by atoms with Crippen LogP contribution in [0.4, 0.5) is 32.2 Å². The zero-order chi connectivity index (χ0) is 29.1. The van der Waals surface area contributed by atoms with E-state index < -0.39 is 35.9 Å². The Morgan fingerprint density at radius 1 is 0.975 bits per heavy atom. The van der Waals surface area contributed by atoms with Crippen LogP contribution in [0.2, 0.25) is 5.02 Å². The summed E-state index contributed by atoms with van der Waals surface area (Å²) in [7, 11) is 2.00.